The summed E-state index contributed by atoms with van der Waals surface area (Å²) in [5, 5.41) is 3.26. The van der Waals surface area contributed by atoms with Gasteiger partial charge < -0.3 is 15.1 Å². The number of urea groups is 1. The summed E-state index contributed by atoms with van der Waals surface area (Å²) in [4.78, 5) is 33.7. The van der Waals surface area contributed by atoms with Crippen molar-refractivity contribution in [1.29, 1.82) is 0 Å². The Morgan fingerprint density at radius 1 is 1.00 bits per heavy atom. The Kier molecular flexibility index (Phi) is 8.92. The lowest BCUT2D eigenvalue weighted by Crippen LogP contribution is -2.60. The number of fused-ring (bicyclic) bond motifs is 2. The third-order valence-corrected chi connectivity index (χ3v) is 10.4. The number of alkyl halides is 2. The van der Waals surface area contributed by atoms with E-state index in [1.165, 1.54) is 12.8 Å². The van der Waals surface area contributed by atoms with E-state index in [0.717, 1.165) is 57.3 Å². The first-order valence-corrected chi connectivity index (χ1v) is 15.7. The van der Waals surface area contributed by atoms with E-state index in [2.05, 4.69) is 46.0 Å². The molecule has 2 unspecified atom stereocenters. The van der Waals surface area contributed by atoms with Crippen molar-refractivity contribution in [2.24, 2.45) is 11.8 Å². The molecule has 41 heavy (non-hydrogen) atoms. The second-order valence-corrected chi connectivity index (χ2v) is 13.7. The van der Waals surface area contributed by atoms with Gasteiger partial charge in [0.05, 0.1) is 11.6 Å². The lowest BCUT2D eigenvalue weighted by Gasteiger charge is -2.49. The molecule has 2 aliphatic carbocycles. The zero-order chi connectivity index (χ0) is 28.1. The van der Waals surface area contributed by atoms with Crippen molar-refractivity contribution < 1.29 is 18.4 Å². The Bertz CT molecular complexity index is 1060. The average molecular weight is 593 g/mol. The van der Waals surface area contributed by atoms with Crippen molar-refractivity contribution in [3.8, 4) is 0 Å². The average Bonchev–Trinajstić information content (AvgIpc) is 3.64. The number of carbonyl (C=O) groups is 2. The quantitative estimate of drug-likeness (QED) is 0.361. The largest absolute Gasteiger partial charge is 0.349 e. The molecule has 5 fully saturated rings. The van der Waals surface area contributed by atoms with E-state index >= 15 is 0 Å². The highest BCUT2D eigenvalue weighted by atomic mass is 35.5. The fourth-order valence-corrected chi connectivity index (χ4v) is 8.36. The van der Waals surface area contributed by atoms with Gasteiger partial charge in [-0.2, -0.15) is 0 Å². The minimum absolute atomic E-state index is 0. The molecule has 6 nitrogen and oxygen atoms in total. The topological polar surface area (TPSA) is 55.9 Å². The number of halogens is 3. The lowest BCUT2D eigenvalue weighted by atomic mass is 9.81. The second kappa shape index (κ2) is 12.0. The monoisotopic (exact) mass is 592 g/mol. The molecule has 3 heterocycles. The van der Waals surface area contributed by atoms with E-state index in [4.69, 9.17) is 0 Å². The molecule has 6 rings (SSSR count). The van der Waals surface area contributed by atoms with Gasteiger partial charge in [-0.1, -0.05) is 30.3 Å². The maximum atomic E-state index is 13.7. The van der Waals surface area contributed by atoms with Crippen LogP contribution in [0.5, 0.6) is 0 Å². The number of amides is 3. The maximum Gasteiger partial charge on any atom is 0.320 e. The summed E-state index contributed by atoms with van der Waals surface area (Å²) in [7, 11) is 0. The molecule has 3 aliphatic heterocycles. The molecule has 2 bridgehead atoms. The Labute approximate surface area is 250 Å². The fraction of sp³-hybridized carbons (Fsp3) is 0.750. The first kappa shape index (κ1) is 30.5. The minimum atomic E-state index is -2.63. The number of hydrogen-bond acceptors (Lipinski definition) is 3. The summed E-state index contributed by atoms with van der Waals surface area (Å²) in [6.07, 6.45) is 7.76. The molecule has 1 aromatic carbocycles. The SMILES string of the molecule is CC(C)N1C(=O)N(CC2CC2)CC12CC1CCC(C2)N1CC[C@H](NC(=O)C1CCC(F)(F)CC1)c1ccccc1.Cl. The second-order valence-electron chi connectivity index (χ2n) is 13.7. The number of hydrogen-bond donors (Lipinski definition) is 1. The van der Waals surface area contributed by atoms with E-state index in [9.17, 15) is 18.4 Å². The number of piperidine rings is 1. The van der Waals surface area contributed by atoms with Crippen molar-refractivity contribution in [2.75, 3.05) is 19.6 Å². The highest BCUT2D eigenvalue weighted by Gasteiger charge is 2.58. The van der Waals surface area contributed by atoms with Gasteiger partial charge in [-0.3, -0.25) is 9.69 Å². The maximum absolute atomic E-state index is 13.7. The van der Waals surface area contributed by atoms with Gasteiger partial charge in [-0.15, -0.1) is 12.4 Å². The molecule has 2 saturated carbocycles. The van der Waals surface area contributed by atoms with Gasteiger partial charge in [0, 0.05) is 56.5 Å². The molecule has 3 atom stereocenters. The minimum Gasteiger partial charge on any atom is -0.349 e. The Morgan fingerprint density at radius 3 is 2.22 bits per heavy atom. The number of benzene rings is 1. The van der Waals surface area contributed by atoms with Crippen molar-refractivity contribution in [3.63, 3.8) is 0 Å². The van der Waals surface area contributed by atoms with Crippen LogP contribution in [-0.4, -0.2) is 75.9 Å². The molecule has 0 aromatic heterocycles. The molecular weight excluding hydrogens is 546 g/mol. The van der Waals surface area contributed by atoms with Crippen LogP contribution >= 0.6 is 12.4 Å². The van der Waals surface area contributed by atoms with Crippen LogP contribution in [0, 0.1) is 11.8 Å². The van der Waals surface area contributed by atoms with Gasteiger partial charge in [0.1, 0.15) is 0 Å². The predicted molar refractivity (Wildman–Crippen MR) is 158 cm³/mol. The molecule has 228 valence electrons. The van der Waals surface area contributed by atoms with Crippen molar-refractivity contribution >= 4 is 24.3 Å². The molecule has 0 radical (unpaired) electrons. The van der Waals surface area contributed by atoms with E-state index in [1.54, 1.807) is 0 Å². The smallest absolute Gasteiger partial charge is 0.320 e. The molecule has 3 saturated heterocycles. The highest BCUT2D eigenvalue weighted by molar-refractivity contribution is 5.85. The van der Waals surface area contributed by atoms with Gasteiger partial charge in [0.2, 0.25) is 11.8 Å². The summed E-state index contributed by atoms with van der Waals surface area (Å²) in [6, 6.07) is 11.3. The number of carbonyl (C=O) groups excluding carboxylic acids is 2. The molecule has 5 aliphatic rings. The van der Waals surface area contributed by atoms with Crippen LogP contribution in [0.3, 0.4) is 0 Å². The van der Waals surface area contributed by atoms with E-state index in [0.29, 0.717) is 18.0 Å². The summed E-state index contributed by atoms with van der Waals surface area (Å²) >= 11 is 0. The van der Waals surface area contributed by atoms with Gasteiger partial charge in [-0.05, 0) is 83.1 Å². The van der Waals surface area contributed by atoms with Crippen molar-refractivity contribution in [3.05, 3.63) is 35.9 Å². The van der Waals surface area contributed by atoms with Gasteiger partial charge >= 0.3 is 6.03 Å². The van der Waals surface area contributed by atoms with Crippen LogP contribution in [0.15, 0.2) is 30.3 Å². The van der Waals surface area contributed by atoms with Crippen molar-refractivity contribution in [1.82, 2.24) is 20.0 Å². The number of nitrogens with zero attached hydrogens (tertiary/aromatic N) is 3. The lowest BCUT2D eigenvalue weighted by molar-refractivity contribution is -0.130. The van der Waals surface area contributed by atoms with Crippen molar-refractivity contribution in [2.45, 2.75) is 120 Å². The standard InChI is InChI=1S/C32H46F2N4O2.ClH/c1-22(2)38-30(40)36(20-23-8-9-23)21-31(38)18-26-10-11-27(19-31)37(26)17-14-28(24-6-4-3-5-7-24)35-29(39)25-12-15-32(33,34)16-13-25;/h3-7,22-23,25-28H,8-21H2,1-2H3,(H,35,39);1H/t26?,27?,28-,31?;/m0./s1. The third kappa shape index (κ3) is 6.39. The zero-order valence-electron chi connectivity index (χ0n) is 24.6. The van der Waals surface area contributed by atoms with Crippen LogP contribution in [0.1, 0.15) is 96.1 Å². The number of rotatable bonds is 9. The Morgan fingerprint density at radius 2 is 1.63 bits per heavy atom. The van der Waals surface area contributed by atoms with Crippen LogP contribution in [0.2, 0.25) is 0 Å². The molecule has 1 aromatic rings. The first-order valence-electron chi connectivity index (χ1n) is 15.7. The van der Waals surface area contributed by atoms with Crippen LogP contribution < -0.4 is 5.32 Å². The molecule has 1 N–H and O–H groups in total. The Hall–Kier alpha value is -1.93. The van der Waals surface area contributed by atoms with Crippen LogP contribution in [-0.2, 0) is 4.79 Å². The summed E-state index contributed by atoms with van der Waals surface area (Å²) < 4.78 is 27.4. The molecular formula is C32H47ClF2N4O2. The van der Waals surface area contributed by atoms with E-state index in [-0.39, 0.29) is 73.6 Å². The first-order chi connectivity index (χ1) is 19.1. The third-order valence-electron chi connectivity index (χ3n) is 10.4. The summed E-state index contributed by atoms with van der Waals surface area (Å²) in [5.41, 5.74) is 0.999. The normalized spacial score (nSPS) is 30.6. The van der Waals surface area contributed by atoms with E-state index in [1.807, 2.05) is 18.2 Å². The molecule has 3 amide bonds. The van der Waals surface area contributed by atoms with Gasteiger partial charge in [0.15, 0.2) is 0 Å². The van der Waals surface area contributed by atoms with Crippen LogP contribution in [0.4, 0.5) is 13.6 Å². The fourth-order valence-electron chi connectivity index (χ4n) is 8.36. The van der Waals surface area contributed by atoms with E-state index < -0.39 is 5.92 Å². The van der Waals surface area contributed by atoms with Gasteiger partial charge in [0.25, 0.3) is 0 Å². The molecule has 9 heteroatoms. The van der Waals surface area contributed by atoms with Gasteiger partial charge in [-0.25, -0.2) is 13.6 Å². The molecule has 1 spiro atoms. The highest BCUT2D eigenvalue weighted by Crippen LogP contribution is 2.48. The predicted octanol–water partition coefficient (Wildman–Crippen LogP) is 6.40. The summed E-state index contributed by atoms with van der Waals surface area (Å²) in [6.45, 7) is 6.99. The van der Waals surface area contributed by atoms with Crippen LogP contribution in [0.25, 0.3) is 0 Å². The zero-order valence-corrected chi connectivity index (χ0v) is 25.4. The number of nitrogens with one attached hydrogen (secondary N) is 1. The summed E-state index contributed by atoms with van der Waals surface area (Å²) in [5.74, 6) is -2.36. The Balaban J connectivity index is 0.00000337.